The number of rotatable bonds is 9. The van der Waals surface area contributed by atoms with E-state index in [2.05, 4.69) is 47.4 Å². The first kappa shape index (κ1) is 32.1. The number of amides is 1. The fourth-order valence-electron chi connectivity index (χ4n) is 4.83. The third-order valence-electron chi connectivity index (χ3n) is 6.91. The molecule has 0 aliphatic heterocycles. The monoisotopic (exact) mass is 753 g/mol. The number of carbonyl (C=O) groups is 2. The van der Waals surface area contributed by atoms with E-state index in [9.17, 15) is 9.59 Å². The van der Waals surface area contributed by atoms with Gasteiger partial charge < -0.3 is 23.9 Å². The molecule has 1 heterocycles. The van der Waals surface area contributed by atoms with Crippen molar-refractivity contribution in [3.05, 3.63) is 103 Å². The smallest absolute Gasteiger partial charge is 0.343 e. The highest BCUT2D eigenvalue weighted by Gasteiger charge is 2.23. The highest BCUT2D eigenvalue weighted by Crippen LogP contribution is 2.40. The summed E-state index contributed by atoms with van der Waals surface area (Å²) in [6.07, 6.45) is 1.38. The van der Waals surface area contributed by atoms with Crippen LogP contribution < -0.4 is 24.4 Å². The molecule has 5 rings (SSSR count). The second kappa shape index (κ2) is 13.8. The average Bonchev–Trinajstić information content (AvgIpc) is 3.42. The van der Waals surface area contributed by atoms with Gasteiger partial charge in [0.2, 0.25) is 5.75 Å². The number of aromatic amines is 1. The third-order valence-corrected chi connectivity index (χ3v) is 8.29. The Morgan fingerprint density at radius 2 is 1.62 bits per heavy atom. The van der Waals surface area contributed by atoms with Gasteiger partial charge in [0.25, 0.3) is 5.91 Å². The molecule has 1 aromatic heterocycles. The summed E-state index contributed by atoms with van der Waals surface area (Å²) in [7, 11) is 4.38. The largest absolute Gasteiger partial charge is 0.493 e. The number of ether oxygens (including phenoxy) is 4. The molecular weight excluding hydrogens is 730 g/mol. The molecule has 12 heteroatoms. The number of benzene rings is 4. The third kappa shape index (κ3) is 6.56. The Kier molecular flexibility index (Phi) is 9.81. The van der Waals surface area contributed by atoms with Crippen molar-refractivity contribution in [2.45, 2.75) is 6.92 Å². The fourth-order valence-corrected chi connectivity index (χ4v) is 6.40. The Bertz CT molecular complexity index is 1950. The lowest BCUT2D eigenvalue weighted by Gasteiger charge is -2.15. The summed E-state index contributed by atoms with van der Waals surface area (Å²) >= 11 is 13.5. The normalized spacial score (nSPS) is 11.1. The minimum Gasteiger partial charge on any atom is -0.493 e. The number of hydrogen-bond donors (Lipinski definition) is 2. The van der Waals surface area contributed by atoms with Gasteiger partial charge in [-0.15, -0.1) is 0 Å². The number of halogens is 3. The second-order valence-electron chi connectivity index (χ2n) is 9.66. The van der Waals surface area contributed by atoms with Gasteiger partial charge in [-0.05, 0) is 58.7 Å². The number of carbonyl (C=O) groups excluding carboxylic acids is 2. The van der Waals surface area contributed by atoms with E-state index in [-0.39, 0.29) is 11.3 Å². The number of nitrogens with zero attached hydrogens (tertiary/aromatic N) is 1. The molecule has 0 atom stereocenters. The van der Waals surface area contributed by atoms with E-state index in [1.807, 2.05) is 43.3 Å². The van der Waals surface area contributed by atoms with Crippen LogP contribution in [0.2, 0.25) is 5.02 Å². The molecule has 4 aromatic carbocycles. The van der Waals surface area contributed by atoms with Crippen LogP contribution in [0.1, 0.15) is 32.0 Å². The molecule has 1 amide bonds. The summed E-state index contributed by atoms with van der Waals surface area (Å²) in [5.41, 5.74) is 6.62. The predicted molar refractivity (Wildman–Crippen MR) is 181 cm³/mol. The minimum absolute atomic E-state index is 0.164. The Labute approximate surface area is 280 Å². The molecule has 45 heavy (non-hydrogen) atoms. The highest BCUT2D eigenvalue weighted by atomic mass is 79.9. The van der Waals surface area contributed by atoms with Crippen molar-refractivity contribution in [1.82, 2.24) is 10.4 Å². The number of aryl methyl sites for hydroxylation is 1. The molecule has 0 spiro atoms. The number of hydrogen-bond acceptors (Lipinski definition) is 7. The van der Waals surface area contributed by atoms with Crippen LogP contribution in [0.5, 0.6) is 23.0 Å². The predicted octanol–water partition coefficient (Wildman–Crippen LogP) is 8.33. The Morgan fingerprint density at radius 3 is 2.29 bits per heavy atom. The zero-order valence-electron chi connectivity index (χ0n) is 24.5. The zero-order valence-corrected chi connectivity index (χ0v) is 28.4. The van der Waals surface area contributed by atoms with Gasteiger partial charge in [-0.25, -0.2) is 10.2 Å². The van der Waals surface area contributed by atoms with E-state index in [1.165, 1.54) is 39.7 Å². The number of nitrogens with one attached hydrogen (secondary N) is 2. The molecule has 5 aromatic rings. The van der Waals surface area contributed by atoms with E-state index >= 15 is 0 Å². The van der Waals surface area contributed by atoms with Crippen LogP contribution in [0.25, 0.3) is 22.0 Å². The van der Waals surface area contributed by atoms with Crippen molar-refractivity contribution in [2.75, 3.05) is 21.3 Å². The Balaban J connectivity index is 1.46. The molecule has 0 aliphatic rings. The van der Waals surface area contributed by atoms with Crippen LogP contribution >= 0.6 is 43.5 Å². The summed E-state index contributed by atoms with van der Waals surface area (Å²) in [5.74, 6) is -0.0608. The van der Waals surface area contributed by atoms with Crippen LogP contribution in [0.3, 0.4) is 0 Å². The minimum atomic E-state index is -0.686. The van der Waals surface area contributed by atoms with E-state index in [0.717, 1.165) is 16.5 Å². The molecule has 0 fully saturated rings. The number of fused-ring (bicyclic) bond motifs is 1. The van der Waals surface area contributed by atoms with Crippen molar-refractivity contribution >= 4 is 72.5 Å². The van der Waals surface area contributed by atoms with Gasteiger partial charge in [0, 0.05) is 37.1 Å². The van der Waals surface area contributed by atoms with Gasteiger partial charge in [-0.3, -0.25) is 4.79 Å². The van der Waals surface area contributed by atoms with Crippen molar-refractivity contribution in [2.24, 2.45) is 5.10 Å². The molecule has 2 N–H and O–H groups in total. The molecular formula is C33H26Br2ClN3O6. The lowest BCUT2D eigenvalue weighted by atomic mass is 10.0. The topological polar surface area (TPSA) is 111 Å². The van der Waals surface area contributed by atoms with Gasteiger partial charge >= 0.3 is 5.97 Å². The van der Waals surface area contributed by atoms with Gasteiger partial charge in [-0.2, -0.15) is 5.10 Å². The van der Waals surface area contributed by atoms with Crippen molar-refractivity contribution in [3.8, 4) is 34.1 Å². The molecule has 0 unspecified atom stereocenters. The van der Waals surface area contributed by atoms with Crippen LogP contribution in [0.15, 0.2) is 80.8 Å². The van der Waals surface area contributed by atoms with E-state index in [4.69, 9.17) is 30.5 Å². The summed E-state index contributed by atoms with van der Waals surface area (Å²) < 4.78 is 23.0. The molecule has 9 nitrogen and oxygen atoms in total. The average molecular weight is 756 g/mol. The molecule has 0 aliphatic carbocycles. The molecule has 0 bridgehead atoms. The zero-order chi connectivity index (χ0) is 32.2. The van der Waals surface area contributed by atoms with E-state index < -0.39 is 11.9 Å². The number of H-pyrrole nitrogens is 1. The SMILES string of the molecule is COc1cc(C(=O)Oc2c(Br)cc(Br)cc2C=NNC(=O)c2[nH]c3c(C)cccc3c2-c2ccccc2Cl)cc(OC)c1OC. The van der Waals surface area contributed by atoms with Crippen molar-refractivity contribution in [3.63, 3.8) is 0 Å². The number of esters is 1. The van der Waals surface area contributed by atoms with Gasteiger partial charge in [0.05, 0.1) is 37.6 Å². The van der Waals surface area contributed by atoms with E-state index in [0.29, 0.717) is 53.6 Å². The maximum Gasteiger partial charge on any atom is 0.343 e. The first-order chi connectivity index (χ1) is 21.7. The van der Waals surface area contributed by atoms with Crippen LogP contribution in [0.4, 0.5) is 0 Å². The molecule has 0 saturated carbocycles. The van der Waals surface area contributed by atoms with Gasteiger partial charge in [0.1, 0.15) is 5.69 Å². The van der Waals surface area contributed by atoms with Gasteiger partial charge in [-0.1, -0.05) is 63.9 Å². The van der Waals surface area contributed by atoms with Crippen LogP contribution in [-0.2, 0) is 0 Å². The van der Waals surface area contributed by atoms with Gasteiger partial charge in [0.15, 0.2) is 17.2 Å². The number of methoxy groups -OCH3 is 3. The lowest BCUT2D eigenvalue weighted by molar-refractivity contribution is 0.0732. The highest BCUT2D eigenvalue weighted by molar-refractivity contribution is 9.11. The van der Waals surface area contributed by atoms with Crippen molar-refractivity contribution in [1.29, 1.82) is 0 Å². The molecule has 230 valence electrons. The maximum atomic E-state index is 13.5. The standard InChI is InChI=1S/C33H26Br2ClN3O6/c1-17-8-7-10-22-27(21-9-5-6-11-24(21)36)29(38-28(17)22)32(40)39-37-16-19-12-20(34)15-23(35)30(19)45-33(41)18-13-25(42-2)31(44-4)26(14-18)43-3/h5-16,38H,1-4H3,(H,39,40). The van der Waals surface area contributed by atoms with E-state index in [1.54, 1.807) is 18.2 Å². The summed E-state index contributed by atoms with van der Waals surface area (Å²) in [4.78, 5) is 30.1. The summed E-state index contributed by atoms with van der Waals surface area (Å²) in [5, 5.41) is 5.57. The molecule has 0 radical (unpaired) electrons. The second-order valence-corrected chi connectivity index (χ2v) is 11.8. The Hall–Kier alpha value is -4.32. The lowest BCUT2D eigenvalue weighted by Crippen LogP contribution is -2.19. The quantitative estimate of drug-likeness (QED) is 0.0678. The maximum absolute atomic E-state index is 13.5. The van der Waals surface area contributed by atoms with Crippen molar-refractivity contribution < 1.29 is 28.5 Å². The number of para-hydroxylation sites is 1. The molecule has 0 saturated heterocycles. The van der Waals surface area contributed by atoms with Crippen LogP contribution in [-0.4, -0.2) is 44.4 Å². The Morgan fingerprint density at radius 1 is 0.911 bits per heavy atom. The number of aromatic nitrogens is 1. The summed E-state index contributed by atoms with van der Waals surface area (Å²) in [6, 6.07) is 19.5. The number of hydrazone groups is 1. The fraction of sp³-hybridized carbons (Fsp3) is 0.121. The first-order valence-corrected chi connectivity index (χ1v) is 15.3. The van der Waals surface area contributed by atoms with Crippen LogP contribution in [0, 0.1) is 6.92 Å². The summed E-state index contributed by atoms with van der Waals surface area (Å²) in [6.45, 7) is 1.96. The first-order valence-electron chi connectivity index (χ1n) is 13.4.